The smallest absolute Gasteiger partial charge is 0.325 e. The molecule has 0 aromatic rings. The summed E-state index contributed by atoms with van der Waals surface area (Å²) in [5.74, 6) is 2.48. The van der Waals surface area contributed by atoms with Crippen LogP contribution in [0.4, 0.5) is 4.79 Å². The Kier molecular flexibility index (Phi) is 5.26. The van der Waals surface area contributed by atoms with Gasteiger partial charge < -0.3 is 10.1 Å². The molecule has 1 atom stereocenters. The summed E-state index contributed by atoms with van der Waals surface area (Å²) >= 11 is 1.51. The molecule has 2 heterocycles. The molecule has 0 spiro atoms. The molecule has 2 N–H and O–H groups in total. The number of carbonyl (C=O) groups is 1. The summed E-state index contributed by atoms with van der Waals surface area (Å²) in [5.41, 5.74) is -0.0873. The van der Waals surface area contributed by atoms with E-state index in [4.69, 9.17) is 4.74 Å². The average molecular weight is 339 g/mol. The third-order valence-electron chi connectivity index (χ3n) is 5.43. The molecule has 2 saturated carbocycles. The van der Waals surface area contributed by atoms with Crippen LogP contribution in [0.25, 0.3) is 0 Å². The maximum atomic E-state index is 12.0. The number of amides is 2. The molecule has 4 nitrogen and oxygen atoms in total. The third kappa shape index (κ3) is 4.44. The molecule has 23 heavy (non-hydrogen) atoms. The van der Waals surface area contributed by atoms with Crippen LogP contribution in [0.3, 0.4) is 0 Å². The zero-order chi connectivity index (χ0) is 16.3. The van der Waals surface area contributed by atoms with E-state index in [2.05, 4.69) is 36.0 Å². The van der Waals surface area contributed by atoms with Crippen LogP contribution in [-0.2, 0) is 4.74 Å². The van der Waals surface area contributed by atoms with Gasteiger partial charge in [-0.1, -0.05) is 38.3 Å². The average Bonchev–Trinajstić information content (AvgIpc) is 2.89. The lowest BCUT2D eigenvalue weighted by Crippen LogP contribution is -2.60. The lowest BCUT2D eigenvalue weighted by molar-refractivity contribution is 0.0140. The molecule has 4 aliphatic rings. The Morgan fingerprint density at radius 2 is 2.17 bits per heavy atom. The number of urea groups is 1. The van der Waals surface area contributed by atoms with E-state index in [-0.39, 0.29) is 17.2 Å². The van der Waals surface area contributed by atoms with Crippen LogP contribution in [0.5, 0.6) is 0 Å². The fourth-order valence-electron chi connectivity index (χ4n) is 3.95. The van der Waals surface area contributed by atoms with Gasteiger partial charge in [0.05, 0.1) is 17.7 Å². The van der Waals surface area contributed by atoms with E-state index in [1.165, 1.54) is 37.6 Å². The molecule has 2 amide bonds. The highest BCUT2D eigenvalue weighted by Crippen LogP contribution is 2.51. The molecule has 2 bridgehead atoms. The summed E-state index contributed by atoms with van der Waals surface area (Å²) in [6.45, 7) is 5.01. The normalized spacial score (nSPS) is 34.0. The fraction of sp³-hybridized carbons (Fsp3) is 0.833. The van der Waals surface area contributed by atoms with Gasteiger partial charge >= 0.3 is 6.03 Å². The second kappa shape index (κ2) is 7.06. The first-order valence-electron chi connectivity index (χ1n) is 8.98. The minimum atomic E-state index is -0.102. The largest absolute Gasteiger partial charge is 0.373 e. The second-order valence-electron chi connectivity index (χ2n) is 8.08. The van der Waals surface area contributed by atoms with Crippen LogP contribution in [0.15, 0.2) is 12.2 Å². The predicted octanol–water partition coefficient (Wildman–Crippen LogP) is 4.03. The van der Waals surface area contributed by atoms with Gasteiger partial charge in [0.25, 0.3) is 0 Å². The van der Waals surface area contributed by atoms with Crippen LogP contribution in [0, 0.1) is 11.8 Å². The quantitative estimate of drug-likeness (QED) is 0.519. The molecule has 2 saturated heterocycles. The first-order chi connectivity index (χ1) is 11.0. The Bertz CT molecular complexity index is 456. The molecule has 2 aliphatic carbocycles. The van der Waals surface area contributed by atoms with Gasteiger partial charge in [-0.05, 0) is 43.5 Å². The van der Waals surface area contributed by atoms with E-state index in [9.17, 15) is 4.79 Å². The number of hydrogen-bond donors (Lipinski definition) is 2. The lowest BCUT2D eigenvalue weighted by atomic mass is 9.69. The molecule has 0 aromatic heterocycles. The summed E-state index contributed by atoms with van der Waals surface area (Å²) in [6.07, 6.45) is 13.2. The minimum absolute atomic E-state index is 0.0146. The van der Waals surface area contributed by atoms with Crippen molar-refractivity contribution < 1.29 is 9.53 Å². The van der Waals surface area contributed by atoms with E-state index in [0.29, 0.717) is 12.5 Å². The number of carbonyl (C=O) groups excluding carboxylic acids is 1. The zero-order valence-electron chi connectivity index (χ0n) is 14.4. The first kappa shape index (κ1) is 17.2. The highest BCUT2D eigenvalue weighted by Gasteiger charge is 2.60. The second-order valence-corrected chi connectivity index (χ2v) is 8.91. The summed E-state index contributed by atoms with van der Waals surface area (Å²) in [4.78, 5) is 12.0. The standard InChI is InChI=1S/C18H30N2O2S/c1-14(6-3-4-7-15-8-5-9-15)10-23-20-16(21)19-18-11-17(2,12-18)22-13-18/h3-4,14-15H,5-13H2,1-2H3,(H2,19,20,21)/b4-3+/t14-,17?,18?/m0/s1. The van der Waals surface area contributed by atoms with Crippen molar-refractivity contribution in [1.29, 1.82) is 0 Å². The van der Waals surface area contributed by atoms with Gasteiger partial charge in [-0.25, -0.2) is 4.79 Å². The van der Waals surface area contributed by atoms with Gasteiger partial charge in [-0.3, -0.25) is 4.72 Å². The van der Waals surface area contributed by atoms with Crippen LogP contribution in [-0.4, -0.2) is 29.5 Å². The van der Waals surface area contributed by atoms with Gasteiger partial charge in [0.2, 0.25) is 0 Å². The number of hydrogen-bond acceptors (Lipinski definition) is 3. The molecule has 130 valence electrons. The number of nitrogens with one attached hydrogen (secondary N) is 2. The van der Waals surface area contributed by atoms with E-state index in [1.807, 2.05) is 0 Å². The van der Waals surface area contributed by atoms with Crippen LogP contribution < -0.4 is 10.0 Å². The Morgan fingerprint density at radius 1 is 1.39 bits per heavy atom. The van der Waals surface area contributed by atoms with Crippen molar-refractivity contribution in [2.24, 2.45) is 11.8 Å². The molecule has 2 aliphatic heterocycles. The van der Waals surface area contributed by atoms with Crippen LogP contribution in [0.1, 0.15) is 58.8 Å². The minimum Gasteiger partial charge on any atom is -0.373 e. The number of fused-ring (bicyclic) bond motifs is 1. The molecular formula is C18H30N2O2S. The van der Waals surface area contributed by atoms with Crippen molar-refractivity contribution in [1.82, 2.24) is 10.0 Å². The van der Waals surface area contributed by atoms with Crippen molar-refractivity contribution in [2.75, 3.05) is 12.4 Å². The Hall–Kier alpha value is -0.680. The van der Waals surface area contributed by atoms with E-state index in [1.54, 1.807) is 0 Å². The Morgan fingerprint density at radius 3 is 2.78 bits per heavy atom. The number of rotatable bonds is 8. The molecule has 0 radical (unpaired) electrons. The summed E-state index contributed by atoms with van der Waals surface area (Å²) in [5, 5.41) is 3.09. The molecule has 5 heteroatoms. The topological polar surface area (TPSA) is 50.4 Å². The first-order valence-corrected chi connectivity index (χ1v) is 9.96. The van der Waals surface area contributed by atoms with E-state index >= 15 is 0 Å². The van der Waals surface area contributed by atoms with Gasteiger partial charge in [0.1, 0.15) is 0 Å². The fourth-order valence-corrected chi connectivity index (χ4v) is 4.64. The summed E-state index contributed by atoms with van der Waals surface area (Å²) in [6, 6.07) is -0.0738. The van der Waals surface area contributed by atoms with Gasteiger partial charge in [0, 0.05) is 18.6 Å². The highest BCUT2D eigenvalue weighted by atomic mass is 32.2. The van der Waals surface area contributed by atoms with Crippen molar-refractivity contribution in [3.8, 4) is 0 Å². The number of ether oxygens (including phenoxy) is 1. The molecule has 4 fully saturated rings. The summed E-state index contributed by atoms with van der Waals surface area (Å²) in [7, 11) is 0. The predicted molar refractivity (Wildman–Crippen MR) is 95.3 cm³/mol. The SMILES string of the molecule is C[C@@H](C/C=C/CC1CCC1)CSNC(=O)NC12COC(C)(C1)C2. The number of allylic oxidation sites excluding steroid dienone is 2. The van der Waals surface area contributed by atoms with Crippen molar-refractivity contribution in [2.45, 2.75) is 69.9 Å². The highest BCUT2D eigenvalue weighted by molar-refractivity contribution is 7.97. The lowest BCUT2D eigenvalue weighted by Gasteiger charge is -2.42. The molecule has 4 rings (SSSR count). The van der Waals surface area contributed by atoms with Gasteiger partial charge in [0.15, 0.2) is 0 Å². The maximum absolute atomic E-state index is 12.0. The van der Waals surface area contributed by atoms with E-state index < -0.39 is 0 Å². The van der Waals surface area contributed by atoms with Gasteiger partial charge in [-0.15, -0.1) is 0 Å². The molecule has 0 aromatic carbocycles. The van der Waals surface area contributed by atoms with Gasteiger partial charge in [-0.2, -0.15) is 0 Å². The van der Waals surface area contributed by atoms with Crippen molar-refractivity contribution >= 4 is 18.0 Å². The van der Waals surface area contributed by atoms with E-state index in [0.717, 1.165) is 30.9 Å². The van der Waals surface area contributed by atoms with Crippen molar-refractivity contribution in [3.05, 3.63) is 12.2 Å². The summed E-state index contributed by atoms with van der Waals surface area (Å²) < 4.78 is 8.60. The van der Waals surface area contributed by atoms with Crippen molar-refractivity contribution in [3.63, 3.8) is 0 Å². The molecule has 0 unspecified atom stereocenters. The molecular weight excluding hydrogens is 308 g/mol. The van der Waals surface area contributed by atoms with Crippen LogP contribution in [0.2, 0.25) is 0 Å². The third-order valence-corrected chi connectivity index (χ3v) is 6.50. The Balaban J connectivity index is 1.23. The monoisotopic (exact) mass is 338 g/mol. The zero-order valence-corrected chi connectivity index (χ0v) is 15.2. The maximum Gasteiger partial charge on any atom is 0.325 e. The Labute approximate surface area is 144 Å². The van der Waals surface area contributed by atoms with Crippen LogP contribution >= 0.6 is 11.9 Å².